The molecule has 192 valence electrons. The number of phenols is 1. The highest BCUT2D eigenvalue weighted by Crippen LogP contribution is 2.36. The second kappa shape index (κ2) is 9.71. The standard InChI is InChI=1S/C23H20Cl2FN7O4/c1-31(2)15-6-14(18(25)20(26)30-15)29-16(34)8-33-7-12(17-22(33)28-9-32(3)23(17)37)10-4-11(21(27)36)19(35)13(24)5-10/h4-7,9,35H,8H2,1-3H3,(H2,27,36)(H,29,30,34). The molecular formula is C23H20Cl2FN7O4. The lowest BCUT2D eigenvalue weighted by Gasteiger charge is -2.15. The number of hydrogen-bond acceptors (Lipinski definition) is 7. The van der Waals surface area contributed by atoms with Gasteiger partial charge in [-0.15, -0.1) is 0 Å². The minimum atomic E-state index is -0.948. The number of aromatic hydroxyl groups is 1. The summed E-state index contributed by atoms with van der Waals surface area (Å²) in [5.41, 5.74) is 5.45. The molecule has 2 amide bonds. The Hall–Kier alpha value is -4.16. The van der Waals surface area contributed by atoms with Crippen LogP contribution in [0.4, 0.5) is 15.9 Å². The van der Waals surface area contributed by atoms with Crippen molar-refractivity contribution in [2.24, 2.45) is 12.8 Å². The quantitative estimate of drug-likeness (QED) is 0.314. The van der Waals surface area contributed by atoms with Crippen LogP contribution in [0.15, 0.2) is 35.5 Å². The first kappa shape index (κ1) is 25.9. The molecule has 0 atom stereocenters. The van der Waals surface area contributed by atoms with E-state index in [0.29, 0.717) is 11.1 Å². The lowest BCUT2D eigenvalue weighted by Crippen LogP contribution is -2.21. The third kappa shape index (κ3) is 4.80. The third-order valence-corrected chi connectivity index (χ3v) is 6.17. The summed E-state index contributed by atoms with van der Waals surface area (Å²) in [6.07, 6.45) is 2.77. The fourth-order valence-electron chi connectivity index (χ4n) is 3.70. The summed E-state index contributed by atoms with van der Waals surface area (Å²) in [5.74, 6) is -2.72. The van der Waals surface area contributed by atoms with E-state index in [4.69, 9.17) is 28.9 Å². The number of carbonyl (C=O) groups excluding carboxylic acids is 2. The van der Waals surface area contributed by atoms with Crippen LogP contribution in [-0.4, -0.2) is 50.1 Å². The molecule has 3 heterocycles. The van der Waals surface area contributed by atoms with E-state index in [1.807, 2.05) is 0 Å². The number of primary amides is 1. The molecule has 3 aromatic heterocycles. The second-order valence-corrected chi connectivity index (χ2v) is 9.11. The van der Waals surface area contributed by atoms with Gasteiger partial charge < -0.3 is 30.2 Å². The van der Waals surface area contributed by atoms with Gasteiger partial charge in [-0.3, -0.25) is 14.4 Å². The molecule has 14 heteroatoms. The van der Waals surface area contributed by atoms with Crippen LogP contribution in [0.1, 0.15) is 10.4 Å². The van der Waals surface area contributed by atoms with Crippen LogP contribution in [-0.2, 0) is 18.4 Å². The number of rotatable bonds is 6. The summed E-state index contributed by atoms with van der Waals surface area (Å²) in [6.45, 7) is -0.331. The molecule has 11 nitrogen and oxygen atoms in total. The van der Waals surface area contributed by atoms with Gasteiger partial charge in [0.2, 0.25) is 11.9 Å². The summed E-state index contributed by atoms with van der Waals surface area (Å²) in [6, 6.07) is 4.06. The van der Waals surface area contributed by atoms with E-state index < -0.39 is 29.1 Å². The Bertz CT molecular complexity index is 1650. The average molecular weight is 548 g/mol. The van der Waals surface area contributed by atoms with E-state index in [1.165, 1.54) is 46.9 Å². The molecule has 0 fully saturated rings. The molecule has 1 aromatic carbocycles. The maximum atomic E-state index is 14.2. The van der Waals surface area contributed by atoms with Gasteiger partial charge in [-0.2, -0.15) is 4.39 Å². The number of carbonyl (C=O) groups is 2. The van der Waals surface area contributed by atoms with Crippen molar-refractivity contribution in [2.45, 2.75) is 6.54 Å². The van der Waals surface area contributed by atoms with Gasteiger partial charge in [0.15, 0.2) is 0 Å². The summed E-state index contributed by atoms with van der Waals surface area (Å²) >= 11 is 12.1. The highest BCUT2D eigenvalue weighted by Gasteiger charge is 2.22. The van der Waals surface area contributed by atoms with Gasteiger partial charge in [-0.05, 0) is 17.7 Å². The molecule has 0 radical (unpaired) electrons. The van der Waals surface area contributed by atoms with E-state index in [1.54, 1.807) is 19.0 Å². The predicted octanol–water partition coefficient (Wildman–Crippen LogP) is 2.75. The van der Waals surface area contributed by atoms with Crippen molar-refractivity contribution in [3.63, 3.8) is 0 Å². The first-order chi connectivity index (χ1) is 17.4. The minimum absolute atomic E-state index is 0.0137. The van der Waals surface area contributed by atoms with Crippen molar-refractivity contribution in [1.82, 2.24) is 19.1 Å². The predicted molar refractivity (Wildman–Crippen MR) is 138 cm³/mol. The van der Waals surface area contributed by atoms with Crippen molar-refractivity contribution in [1.29, 1.82) is 0 Å². The Kier molecular flexibility index (Phi) is 6.80. The molecule has 0 saturated heterocycles. The Morgan fingerprint density at radius 1 is 1.24 bits per heavy atom. The zero-order chi connectivity index (χ0) is 27.2. The molecule has 0 saturated carbocycles. The smallest absolute Gasteiger partial charge is 0.263 e. The van der Waals surface area contributed by atoms with Gasteiger partial charge in [0, 0.05) is 39.0 Å². The van der Waals surface area contributed by atoms with Crippen LogP contribution in [0, 0.1) is 5.95 Å². The lowest BCUT2D eigenvalue weighted by molar-refractivity contribution is -0.116. The number of anilines is 2. The highest BCUT2D eigenvalue weighted by molar-refractivity contribution is 6.34. The summed E-state index contributed by atoms with van der Waals surface area (Å²) in [5, 5.41) is 12.3. The van der Waals surface area contributed by atoms with Crippen molar-refractivity contribution in [3.8, 4) is 16.9 Å². The van der Waals surface area contributed by atoms with E-state index in [2.05, 4.69) is 15.3 Å². The van der Waals surface area contributed by atoms with Crippen molar-refractivity contribution in [3.05, 3.63) is 62.6 Å². The second-order valence-electron chi connectivity index (χ2n) is 8.32. The summed E-state index contributed by atoms with van der Waals surface area (Å²) < 4.78 is 16.8. The monoisotopic (exact) mass is 547 g/mol. The van der Waals surface area contributed by atoms with E-state index in [-0.39, 0.29) is 44.7 Å². The molecule has 0 aliphatic heterocycles. The number of nitrogens with zero attached hydrogens (tertiary/aromatic N) is 5. The Balaban J connectivity index is 1.80. The molecule has 4 N–H and O–H groups in total. The van der Waals surface area contributed by atoms with Gasteiger partial charge in [0.25, 0.3) is 11.5 Å². The zero-order valence-electron chi connectivity index (χ0n) is 19.7. The SMILES string of the molecule is CN(C)c1cc(NC(=O)Cn2cc(-c3cc(Cl)c(O)c(C(N)=O)c3)c3c(=O)n(C)cnc32)c(Cl)c(F)n1. The molecular weight excluding hydrogens is 528 g/mol. The summed E-state index contributed by atoms with van der Waals surface area (Å²) in [4.78, 5) is 47.3. The molecule has 0 unspecified atom stereocenters. The normalized spacial score (nSPS) is 11.1. The van der Waals surface area contributed by atoms with Gasteiger partial charge >= 0.3 is 0 Å². The van der Waals surface area contributed by atoms with Gasteiger partial charge in [0.1, 0.15) is 28.8 Å². The number of benzene rings is 1. The molecule has 0 aliphatic rings. The van der Waals surface area contributed by atoms with Crippen LogP contribution >= 0.6 is 23.2 Å². The molecule has 4 aromatic rings. The first-order valence-electron chi connectivity index (χ1n) is 10.6. The fourth-order valence-corrected chi connectivity index (χ4v) is 4.06. The third-order valence-electron chi connectivity index (χ3n) is 5.53. The number of hydrogen-bond donors (Lipinski definition) is 3. The first-order valence-corrected chi connectivity index (χ1v) is 11.3. The maximum absolute atomic E-state index is 14.2. The number of amides is 2. The maximum Gasteiger partial charge on any atom is 0.263 e. The van der Waals surface area contributed by atoms with Crippen LogP contribution in [0.3, 0.4) is 0 Å². The number of nitrogens with one attached hydrogen (secondary N) is 1. The number of halogens is 3. The lowest BCUT2D eigenvalue weighted by atomic mass is 10.0. The largest absolute Gasteiger partial charge is 0.506 e. The number of fused-ring (bicyclic) bond motifs is 1. The highest BCUT2D eigenvalue weighted by atomic mass is 35.5. The van der Waals surface area contributed by atoms with Crippen molar-refractivity contribution in [2.75, 3.05) is 24.3 Å². The van der Waals surface area contributed by atoms with E-state index in [0.717, 1.165) is 0 Å². The van der Waals surface area contributed by atoms with Crippen LogP contribution in [0.2, 0.25) is 10.0 Å². The molecule has 4 rings (SSSR count). The topological polar surface area (TPSA) is 148 Å². The van der Waals surface area contributed by atoms with E-state index in [9.17, 15) is 23.9 Å². The fraction of sp³-hybridized carbons (Fsp3) is 0.174. The van der Waals surface area contributed by atoms with Crippen LogP contribution in [0.25, 0.3) is 22.2 Å². The number of pyridine rings is 1. The molecule has 0 bridgehead atoms. The molecule has 0 aliphatic carbocycles. The van der Waals surface area contributed by atoms with Crippen molar-refractivity contribution >= 4 is 57.6 Å². The average Bonchev–Trinajstić information content (AvgIpc) is 3.19. The van der Waals surface area contributed by atoms with Crippen LogP contribution < -0.4 is 21.5 Å². The van der Waals surface area contributed by atoms with Crippen molar-refractivity contribution < 1.29 is 19.1 Å². The Labute approximate surface area is 218 Å². The zero-order valence-corrected chi connectivity index (χ0v) is 21.2. The Morgan fingerprint density at radius 2 is 1.95 bits per heavy atom. The van der Waals surface area contributed by atoms with Gasteiger partial charge in [-0.1, -0.05) is 23.2 Å². The minimum Gasteiger partial charge on any atom is -0.506 e. The molecule has 0 spiro atoms. The summed E-state index contributed by atoms with van der Waals surface area (Å²) in [7, 11) is 4.81. The van der Waals surface area contributed by atoms with Gasteiger partial charge in [-0.25, -0.2) is 9.97 Å². The Morgan fingerprint density at radius 3 is 2.59 bits per heavy atom. The van der Waals surface area contributed by atoms with Gasteiger partial charge in [0.05, 0.1) is 28.0 Å². The number of nitrogens with two attached hydrogens (primary N) is 1. The number of aryl methyl sites for hydroxylation is 1. The van der Waals surface area contributed by atoms with Crippen LogP contribution in [0.5, 0.6) is 5.75 Å². The van der Waals surface area contributed by atoms with E-state index >= 15 is 0 Å². The number of aromatic nitrogens is 4. The molecule has 37 heavy (non-hydrogen) atoms.